The predicted octanol–water partition coefficient (Wildman–Crippen LogP) is 3.52. The van der Waals surface area contributed by atoms with Gasteiger partial charge in [0.2, 0.25) is 0 Å². The number of hydrogen-bond acceptors (Lipinski definition) is 3. The van der Waals surface area contributed by atoms with Crippen LogP contribution in [0.2, 0.25) is 0 Å². The van der Waals surface area contributed by atoms with E-state index in [1.807, 2.05) is 13.0 Å². The standard InChI is InChI=1S/C14H22N2O/c1-12-9-10-15-14(16-12)17-11-5-8-13-6-3-2-4-7-13/h9-10,13H,2-8,11H2,1H3. The first-order chi connectivity index (χ1) is 8.34. The van der Waals surface area contributed by atoms with Gasteiger partial charge in [-0.2, -0.15) is 0 Å². The molecule has 0 amide bonds. The van der Waals surface area contributed by atoms with Crippen LogP contribution in [0.15, 0.2) is 12.3 Å². The molecule has 0 bridgehead atoms. The summed E-state index contributed by atoms with van der Waals surface area (Å²) in [5.41, 5.74) is 0.960. The molecule has 1 fully saturated rings. The summed E-state index contributed by atoms with van der Waals surface area (Å²) in [6, 6.07) is 2.41. The fourth-order valence-corrected chi connectivity index (χ4v) is 2.51. The Labute approximate surface area is 104 Å². The maximum atomic E-state index is 5.56. The lowest BCUT2D eigenvalue weighted by Crippen LogP contribution is -2.09. The number of aryl methyl sites for hydroxylation is 1. The minimum atomic E-state index is 0.522. The van der Waals surface area contributed by atoms with Crippen LogP contribution in [-0.2, 0) is 0 Å². The zero-order valence-corrected chi connectivity index (χ0v) is 10.7. The van der Waals surface area contributed by atoms with Crippen LogP contribution in [-0.4, -0.2) is 16.6 Å². The van der Waals surface area contributed by atoms with E-state index in [-0.39, 0.29) is 0 Å². The van der Waals surface area contributed by atoms with Crippen LogP contribution in [0.5, 0.6) is 6.01 Å². The molecule has 0 atom stereocenters. The molecule has 2 rings (SSSR count). The van der Waals surface area contributed by atoms with Crippen molar-refractivity contribution in [3.05, 3.63) is 18.0 Å². The van der Waals surface area contributed by atoms with Crippen molar-refractivity contribution in [2.75, 3.05) is 6.61 Å². The summed E-state index contributed by atoms with van der Waals surface area (Å²) in [5, 5.41) is 0. The largest absolute Gasteiger partial charge is 0.463 e. The summed E-state index contributed by atoms with van der Waals surface area (Å²) in [7, 11) is 0. The molecule has 0 radical (unpaired) electrons. The molecule has 1 aliphatic rings. The molecular formula is C14H22N2O. The number of hydrogen-bond donors (Lipinski definition) is 0. The average molecular weight is 234 g/mol. The van der Waals surface area contributed by atoms with E-state index in [0.717, 1.165) is 24.6 Å². The van der Waals surface area contributed by atoms with Crippen LogP contribution in [0.3, 0.4) is 0 Å². The van der Waals surface area contributed by atoms with Gasteiger partial charge in [0.1, 0.15) is 0 Å². The molecule has 0 unspecified atom stereocenters. The molecule has 1 aliphatic carbocycles. The Hall–Kier alpha value is -1.12. The minimum absolute atomic E-state index is 0.522. The number of ether oxygens (including phenoxy) is 1. The normalized spacial score (nSPS) is 17.0. The Morgan fingerprint density at radius 3 is 2.88 bits per heavy atom. The van der Waals surface area contributed by atoms with Crippen LogP contribution in [0.4, 0.5) is 0 Å². The summed E-state index contributed by atoms with van der Waals surface area (Å²) in [4.78, 5) is 8.31. The fourth-order valence-electron chi connectivity index (χ4n) is 2.51. The monoisotopic (exact) mass is 234 g/mol. The summed E-state index contributed by atoms with van der Waals surface area (Å²) < 4.78 is 5.56. The van der Waals surface area contributed by atoms with E-state index in [1.165, 1.54) is 38.5 Å². The van der Waals surface area contributed by atoms with Crippen LogP contribution >= 0.6 is 0 Å². The Morgan fingerprint density at radius 2 is 2.12 bits per heavy atom. The van der Waals surface area contributed by atoms with Crippen molar-refractivity contribution in [2.24, 2.45) is 5.92 Å². The molecule has 0 aliphatic heterocycles. The topological polar surface area (TPSA) is 35.0 Å². The lowest BCUT2D eigenvalue weighted by molar-refractivity contribution is 0.254. The zero-order valence-electron chi connectivity index (χ0n) is 10.7. The van der Waals surface area contributed by atoms with Crippen molar-refractivity contribution in [3.8, 4) is 6.01 Å². The van der Waals surface area contributed by atoms with E-state index in [1.54, 1.807) is 6.20 Å². The molecule has 1 saturated carbocycles. The summed E-state index contributed by atoms with van der Waals surface area (Å²) >= 11 is 0. The van der Waals surface area contributed by atoms with Gasteiger partial charge in [-0.15, -0.1) is 0 Å². The molecule has 0 N–H and O–H groups in total. The van der Waals surface area contributed by atoms with Crippen LogP contribution in [0.1, 0.15) is 50.6 Å². The first kappa shape index (κ1) is 12.3. The molecule has 3 nitrogen and oxygen atoms in total. The second kappa shape index (κ2) is 6.58. The van der Waals surface area contributed by atoms with Gasteiger partial charge in [0.25, 0.3) is 0 Å². The van der Waals surface area contributed by atoms with Gasteiger partial charge >= 0.3 is 6.01 Å². The number of aromatic nitrogens is 2. The van der Waals surface area contributed by atoms with E-state index in [4.69, 9.17) is 4.74 Å². The molecule has 94 valence electrons. The Morgan fingerprint density at radius 1 is 1.29 bits per heavy atom. The average Bonchev–Trinajstić information content (AvgIpc) is 2.36. The van der Waals surface area contributed by atoms with Crippen molar-refractivity contribution in [3.63, 3.8) is 0 Å². The Bertz CT molecular complexity index is 335. The van der Waals surface area contributed by atoms with Gasteiger partial charge in [-0.05, 0) is 31.7 Å². The van der Waals surface area contributed by atoms with Crippen molar-refractivity contribution >= 4 is 0 Å². The maximum absolute atomic E-state index is 5.56. The predicted molar refractivity (Wildman–Crippen MR) is 68.1 cm³/mol. The van der Waals surface area contributed by atoms with Gasteiger partial charge in [-0.1, -0.05) is 32.1 Å². The number of nitrogens with zero attached hydrogens (tertiary/aromatic N) is 2. The highest BCUT2D eigenvalue weighted by Gasteiger charge is 2.12. The van der Waals surface area contributed by atoms with Crippen LogP contribution in [0, 0.1) is 12.8 Å². The molecular weight excluding hydrogens is 212 g/mol. The minimum Gasteiger partial charge on any atom is -0.463 e. The third kappa shape index (κ3) is 4.33. The smallest absolute Gasteiger partial charge is 0.316 e. The first-order valence-corrected chi connectivity index (χ1v) is 6.77. The highest BCUT2D eigenvalue weighted by atomic mass is 16.5. The van der Waals surface area contributed by atoms with E-state index in [9.17, 15) is 0 Å². The lowest BCUT2D eigenvalue weighted by Gasteiger charge is -2.21. The van der Waals surface area contributed by atoms with E-state index in [2.05, 4.69) is 9.97 Å². The molecule has 1 aromatic heterocycles. The van der Waals surface area contributed by atoms with E-state index in [0.29, 0.717) is 6.01 Å². The Balaban J connectivity index is 1.62. The molecule has 17 heavy (non-hydrogen) atoms. The molecule has 1 heterocycles. The van der Waals surface area contributed by atoms with Crippen LogP contribution in [0.25, 0.3) is 0 Å². The fraction of sp³-hybridized carbons (Fsp3) is 0.714. The molecule has 3 heteroatoms. The third-order valence-corrected chi connectivity index (χ3v) is 3.49. The quantitative estimate of drug-likeness (QED) is 0.731. The summed E-state index contributed by atoms with van der Waals surface area (Å²) in [5.74, 6) is 0.936. The molecule has 1 aromatic rings. The van der Waals surface area contributed by atoms with Gasteiger partial charge in [0.05, 0.1) is 6.61 Å². The van der Waals surface area contributed by atoms with Crippen molar-refractivity contribution in [1.82, 2.24) is 9.97 Å². The Kier molecular flexibility index (Phi) is 4.77. The zero-order chi connectivity index (χ0) is 11.9. The second-order valence-electron chi connectivity index (χ2n) is 4.98. The number of rotatable bonds is 5. The first-order valence-electron chi connectivity index (χ1n) is 6.77. The SMILES string of the molecule is Cc1ccnc(OCCCC2CCCCC2)n1. The van der Waals surface area contributed by atoms with Crippen molar-refractivity contribution in [1.29, 1.82) is 0 Å². The maximum Gasteiger partial charge on any atom is 0.316 e. The van der Waals surface area contributed by atoms with Gasteiger partial charge in [0, 0.05) is 11.9 Å². The third-order valence-electron chi connectivity index (χ3n) is 3.49. The van der Waals surface area contributed by atoms with Gasteiger partial charge in [-0.3, -0.25) is 0 Å². The van der Waals surface area contributed by atoms with Crippen molar-refractivity contribution in [2.45, 2.75) is 51.9 Å². The van der Waals surface area contributed by atoms with Crippen molar-refractivity contribution < 1.29 is 4.74 Å². The molecule has 0 aromatic carbocycles. The van der Waals surface area contributed by atoms with Gasteiger partial charge in [-0.25, -0.2) is 9.97 Å². The summed E-state index contributed by atoms with van der Waals surface area (Å²) in [6.07, 6.45) is 11.3. The highest BCUT2D eigenvalue weighted by molar-refractivity contribution is 5.02. The lowest BCUT2D eigenvalue weighted by atomic mass is 9.86. The van der Waals surface area contributed by atoms with E-state index >= 15 is 0 Å². The van der Waals surface area contributed by atoms with Gasteiger partial charge < -0.3 is 4.74 Å². The van der Waals surface area contributed by atoms with Crippen LogP contribution < -0.4 is 4.74 Å². The summed E-state index contributed by atoms with van der Waals surface area (Å²) in [6.45, 7) is 2.70. The second-order valence-corrected chi connectivity index (χ2v) is 4.98. The molecule has 0 spiro atoms. The van der Waals surface area contributed by atoms with E-state index < -0.39 is 0 Å². The van der Waals surface area contributed by atoms with Gasteiger partial charge in [0.15, 0.2) is 0 Å². The molecule has 0 saturated heterocycles. The highest BCUT2D eigenvalue weighted by Crippen LogP contribution is 2.27.